The maximum atomic E-state index is 12.2. The molecule has 0 amide bonds. The highest BCUT2D eigenvalue weighted by atomic mass is 19.4. The van der Waals surface area contributed by atoms with Crippen molar-refractivity contribution in [3.63, 3.8) is 0 Å². The minimum atomic E-state index is -4.45. The van der Waals surface area contributed by atoms with E-state index in [-0.39, 0.29) is 11.3 Å². The molecular formula is C7H9F3N2O. The smallest absolute Gasteiger partial charge is 0.390 e. The van der Waals surface area contributed by atoms with Gasteiger partial charge in [-0.15, -0.1) is 0 Å². The highest BCUT2D eigenvalue weighted by Gasteiger charge is 2.37. The zero-order valence-corrected chi connectivity index (χ0v) is 7.18. The number of alkyl halides is 3. The van der Waals surface area contributed by atoms with E-state index in [9.17, 15) is 13.2 Å². The Balaban J connectivity index is 3.26. The minimum absolute atomic E-state index is 0.0162. The molecule has 0 saturated carbocycles. The molecule has 1 rings (SSSR count). The Morgan fingerprint density at radius 1 is 1.46 bits per heavy atom. The number of hydrogen-bond donors (Lipinski definition) is 1. The van der Waals surface area contributed by atoms with Crippen LogP contribution in [0.2, 0.25) is 0 Å². The summed E-state index contributed by atoms with van der Waals surface area (Å²) < 4.78 is 37.7. The summed E-state index contributed by atoms with van der Waals surface area (Å²) in [4.78, 5) is 0. The fraction of sp³-hybridized carbons (Fsp3) is 0.571. The van der Waals surface area contributed by atoms with Crippen LogP contribution in [0.1, 0.15) is 17.0 Å². The Bertz CT molecular complexity index is 316. The van der Waals surface area contributed by atoms with Crippen LogP contribution in [-0.4, -0.2) is 14.9 Å². The average Bonchev–Trinajstić information content (AvgIpc) is 2.25. The first-order valence-corrected chi connectivity index (χ1v) is 3.58. The number of aliphatic hydroxyl groups is 1. The van der Waals surface area contributed by atoms with E-state index in [1.165, 1.54) is 14.0 Å². The highest BCUT2D eigenvalue weighted by molar-refractivity contribution is 5.26. The first-order chi connectivity index (χ1) is 5.88. The zero-order valence-electron chi connectivity index (χ0n) is 7.18. The second-order valence-electron chi connectivity index (χ2n) is 2.70. The summed E-state index contributed by atoms with van der Waals surface area (Å²) in [7, 11) is 1.37. The van der Waals surface area contributed by atoms with Crippen molar-refractivity contribution in [2.24, 2.45) is 7.05 Å². The van der Waals surface area contributed by atoms with E-state index in [1.807, 2.05) is 0 Å². The third-order valence-corrected chi connectivity index (χ3v) is 1.85. The van der Waals surface area contributed by atoms with Crippen molar-refractivity contribution in [2.75, 3.05) is 0 Å². The number of aliphatic hydroxyl groups excluding tert-OH is 1. The molecule has 3 nitrogen and oxygen atoms in total. The van der Waals surface area contributed by atoms with Crippen LogP contribution in [0, 0.1) is 6.92 Å². The van der Waals surface area contributed by atoms with E-state index in [0.717, 1.165) is 4.68 Å². The molecule has 6 heteroatoms. The lowest BCUT2D eigenvalue weighted by Gasteiger charge is -2.02. The molecule has 0 aliphatic heterocycles. The average molecular weight is 194 g/mol. The van der Waals surface area contributed by atoms with Crippen molar-refractivity contribution in [1.29, 1.82) is 0 Å². The van der Waals surface area contributed by atoms with Gasteiger partial charge in [0.1, 0.15) is 0 Å². The van der Waals surface area contributed by atoms with Crippen molar-refractivity contribution >= 4 is 0 Å². The number of hydrogen-bond acceptors (Lipinski definition) is 2. The van der Waals surface area contributed by atoms with Crippen LogP contribution in [0.4, 0.5) is 13.2 Å². The van der Waals surface area contributed by atoms with Crippen molar-refractivity contribution in [1.82, 2.24) is 9.78 Å². The van der Waals surface area contributed by atoms with Crippen LogP contribution in [0.15, 0.2) is 0 Å². The van der Waals surface area contributed by atoms with E-state index < -0.39 is 18.5 Å². The van der Waals surface area contributed by atoms with Crippen molar-refractivity contribution in [2.45, 2.75) is 19.7 Å². The third-order valence-electron chi connectivity index (χ3n) is 1.85. The van der Waals surface area contributed by atoms with Crippen LogP contribution in [0.25, 0.3) is 0 Å². The third kappa shape index (κ3) is 1.67. The second-order valence-corrected chi connectivity index (χ2v) is 2.70. The summed E-state index contributed by atoms with van der Waals surface area (Å²) >= 11 is 0. The molecule has 1 N–H and O–H groups in total. The minimum Gasteiger partial charge on any atom is -0.390 e. The number of rotatable bonds is 1. The fourth-order valence-corrected chi connectivity index (χ4v) is 1.15. The molecule has 0 aliphatic carbocycles. The summed E-state index contributed by atoms with van der Waals surface area (Å²) in [5, 5.41) is 12.0. The number of halogens is 3. The van der Waals surface area contributed by atoms with Gasteiger partial charge in [0.25, 0.3) is 0 Å². The molecule has 0 fully saturated rings. The lowest BCUT2D eigenvalue weighted by molar-refractivity contribution is -0.141. The van der Waals surface area contributed by atoms with Gasteiger partial charge in [-0.3, -0.25) is 4.68 Å². The summed E-state index contributed by atoms with van der Waals surface area (Å²) in [6.07, 6.45) is -4.45. The Hall–Kier alpha value is -1.04. The van der Waals surface area contributed by atoms with Crippen LogP contribution < -0.4 is 0 Å². The van der Waals surface area contributed by atoms with Crippen molar-refractivity contribution in [3.8, 4) is 0 Å². The van der Waals surface area contributed by atoms with Crippen LogP contribution >= 0.6 is 0 Å². The van der Waals surface area contributed by atoms with E-state index >= 15 is 0 Å². The van der Waals surface area contributed by atoms with Gasteiger partial charge in [0, 0.05) is 12.6 Å². The first kappa shape index (κ1) is 10.0. The molecule has 1 aromatic heterocycles. The van der Waals surface area contributed by atoms with E-state index in [0.29, 0.717) is 0 Å². The molecule has 0 saturated heterocycles. The quantitative estimate of drug-likeness (QED) is 0.730. The number of aromatic nitrogens is 2. The Labute approximate surface area is 72.8 Å². The monoisotopic (exact) mass is 194 g/mol. The lowest BCUT2D eigenvalue weighted by atomic mass is 10.2. The lowest BCUT2D eigenvalue weighted by Crippen LogP contribution is -2.08. The van der Waals surface area contributed by atoms with Gasteiger partial charge < -0.3 is 5.11 Å². The molecule has 1 heterocycles. The molecule has 0 atom stereocenters. The second kappa shape index (κ2) is 3.02. The summed E-state index contributed by atoms with van der Waals surface area (Å²) in [5.74, 6) is 0. The maximum Gasteiger partial charge on any atom is 0.435 e. The molecule has 0 aromatic carbocycles. The van der Waals surface area contributed by atoms with Gasteiger partial charge in [-0.25, -0.2) is 0 Å². The van der Waals surface area contributed by atoms with Gasteiger partial charge in [-0.05, 0) is 6.92 Å². The summed E-state index contributed by atoms with van der Waals surface area (Å²) in [6.45, 7) is 0.854. The van der Waals surface area contributed by atoms with Gasteiger partial charge >= 0.3 is 6.18 Å². The Kier molecular flexibility index (Phi) is 2.34. The molecule has 0 bridgehead atoms. The largest absolute Gasteiger partial charge is 0.435 e. The van der Waals surface area contributed by atoms with Crippen LogP contribution in [-0.2, 0) is 19.8 Å². The van der Waals surface area contributed by atoms with Gasteiger partial charge in [0.15, 0.2) is 5.69 Å². The van der Waals surface area contributed by atoms with Crippen molar-refractivity contribution in [3.05, 3.63) is 17.0 Å². The van der Waals surface area contributed by atoms with Crippen LogP contribution in [0.3, 0.4) is 0 Å². The standard InChI is InChI=1S/C7H9F3N2O/c1-4-5(3-13)12(2)11-6(4)7(8,9)10/h13H,3H2,1-2H3. The molecule has 74 valence electrons. The van der Waals surface area contributed by atoms with Gasteiger partial charge in [0.2, 0.25) is 0 Å². The molecule has 1 aromatic rings. The van der Waals surface area contributed by atoms with Crippen molar-refractivity contribution < 1.29 is 18.3 Å². The molecule has 0 unspecified atom stereocenters. The number of nitrogens with zero attached hydrogens (tertiary/aromatic N) is 2. The fourth-order valence-electron chi connectivity index (χ4n) is 1.15. The molecule has 0 spiro atoms. The zero-order chi connectivity index (χ0) is 10.2. The molecule has 0 radical (unpaired) electrons. The molecular weight excluding hydrogens is 185 g/mol. The molecule has 13 heavy (non-hydrogen) atoms. The van der Waals surface area contributed by atoms with Gasteiger partial charge in [-0.1, -0.05) is 0 Å². The Morgan fingerprint density at radius 3 is 2.23 bits per heavy atom. The van der Waals surface area contributed by atoms with Gasteiger partial charge in [0.05, 0.1) is 12.3 Å². The first-order valence-electron chi connectivity index (χ1n) is 3.58. The maximum absolute atomic E-state index is 12.2. The van der Waals surface area contributed by atoms with E-state index in [2.05, 4.69) is 5.10 Å². The van der Waals surface area contributed by atoms with E-state index in [1.54, 1.807) is 0 Å². The van der Waals surface area contributed by atoms with E-state index in [4.69, 9.17) is 5.11 Å². The topological polar surface area (TPSA) is 38.0 Å². The Morgan fingerprint density at radius 2 is 2.00 bits per heavy atom. The highest BCUT2D eigenvalue weighted by Crippen LogP contribution is 2.31. The predicted molar refractivity (Wildman–Crippen MR) is 38.9 cm³/mol. The van der Waals surface area contributed by atoms with Gasteiger partial charge in [-0.2, -0.15) is 18.3 Å². The normalized spacial score (nSPS) is 12.2. The predicted octanol–water partition coefficient (Wildman–Crippen LogP) is 1.24. The summed E-state index contributed by atoms with van der Waals surface area (Å²) in [5.41, 5.74) is -0.760. The number of aryl methyl sites for hydroxylation is 1. The van der Waals surface area contributed by atoms with Crippen LogP contribution in [0.5, 0.6) is 0 Å². The summed E-state index contributed by atoms with van der Waals surface area (Å²) in [6, 6.07) is 0. The SMILES string of the molecule is Cc1c(C(F)(F)F)nn(C)c1CO. The molecule has 0 aliphatic rings.